The van der Waals surface area contributed by atoms with Gasteiger partial charge in [-0.05, 0) is 54.4 Å². The smallest absolute Gasteiger partial charge is 0.200 e. The van der Waals surface area contributed by atoms with Gasteiger partial charge in [-0.15, -0.1) is 0 Å². The van der Waals surface area contributed by atoms with Gasteiger partial charge in [0.15, 0.2) is 11.5 Å². The van der Waals surface area contributed by atoms with E-state index in [1.54, 1.807) is 69.7 Å². The predicted octanol–water partition coefficient (Wildman–Crippen LogP) is 5.50. The second-order valence-corrected chi connectivity index (χ2v) is 7.01. The van der Waals surface area contributed by atoms with Crippen molar-refractivity contribution in [3.05, 3.63) is 88.0 Å². The van der Waals surface area contributed by atoms with Gasteiger partial charge in [0.2, 0.25) is 5.43 Å². The molecule has 0 saturated carbocycles. The fourth-order valence-electron chi connectivity index (χ4n) is 3.45. The fraction of sp³-hybridized carbons (Fsp3) is 0.160. The van der Waals surface area contributed by atoms with Gasteiger partial charge < -0.3 is 18.6 Å². The third kappa shape index (κ3) is 4.10. The summed E-state index contributed by atoms with van der Waals surface area (Å²) in [7, 11) is 3.10. The summed E-state index contributed by atoms with van der Waals surface area (Å²) in [4.78, 5) is 13.2. The Morgan fingerprint density at radius 2 is 1.65 bits per heavy atom. The van der Waals surface area contributed by atoms with Crippen molar-refractivity contribution in [3.63, 3.8) is 0 Å². The Kier molecular flexibility index (Phi) is 5.62. The van der Waals surface area contributed by atoms with Crippen molar-refractivity contribution in [2.45, 2.75) is 13.5 Å². The van der Waals surface area contributed by atoms with Crippen LogP contribution in [0.25, 0.3) is 22.1 Å². The molecule has 0 aliphatic carbocycles. The standard InChI is InChI=1S/C25H21FO5/c1-15-24(17-6-11-21(28-2)23(12-17)29-3)25(27)20-10-9-19(13-22(20)31-15)30-14-16-4-7-18(26)8-5-16/h4-13H,14H2,1-3H3. The summed E-state index contributed by atoms with van der Waals surface area (Å²) in [5, 5.41) is 0.449. The zero-order valence-corrected chi connectivity index (χ0v) is 17.4. The lowest BCUT2D eigenvalue weighted by Gasteiger charge is -2.12. The molecule has 31 heavy (non-hydrogen) atoms. The number of aryl methyl sites for hydroxylation is 1. The Balaban J connectivity index is 1.68. The maximum Gasteiger partial charge on any atom is 0.200 e. The number of hydrogen-bond donors (Lipinski definition) is 0. The van der Waals surface area contributed by atoms with E-state index in [1.165, 1.54) is 12.1 Å². The molecule has 0 spiro atoms. The molecule has 0 unspecified atom stereocenters. The Labute approximate surface area is 178 Å². The summed E-state index contributed by atoms with van der Waals surface area (Å²) in [5.41, 5.74) is 2.28. The molecule has 0 radical (unpaired) electrons. The molecule has 158 valence electrons. The largest absolute Gasteiger partial charge is 0.493 e. The van der Waals surface area contributed by atoms with E-state index in [9.17, 15) is 9.18 Å². The fourth-order valence-corrected chi connectivity index (χ4v) is 3.45. The molecule has 6 heteroatoms. The van der Waals surface area contributed by atoms with E-state index in [4.69, 9.17) is 18.6 Å². The first-order valence-electron chi connectivity index (χ1n) is 9.67. The Morgan fingerprint density at radius 1 is 0.903 bits per heavy atom. The average Bonchev–Trinajstić information content (AvgIpc) is 2.78. The van der Waals surface area contributed by atoms with Gasteiger partial charge >= 0.3 is 0 Å². The maximum absolute atomic E-state index is 13.2. The van der Waals surface area contributed by atoms with Gasteiger partial charge in [0.25, 0.3) is 0 Å². The van der Waals surface area contributed by atoms with Crippen molar-refractivity contribution in [3.8, 4) is 28.4 Å². The van der Waals surface area contributed by atoms with Crippen LogP contribution in [-0.4, -0.2) is 14.2 Å². The number of methoxy groups -OCH3 is 2. The van der Waals surface area contributed by atoms with Crippen LogP contribution in [0.1, 0.15) is 11.3 Å². The normalized spacial score (nSPS) is 10.8. The van der Waals surface area contributed by atoms with E-state index in [0.717, 1.165) is 5.56 Å². The Bertz CT molecular complexity index is 1290. The van der Waals surface area contributed by atoms with Crippen LogP contribution in [0.3, 0.4) is 0 Å². The van der Waals surface area contributed by atoms with Crippen LogP contribution in [-0.2, 0) is 6.61 Å². The van der Waals surface area contributed by atoms with Crippen LogP contribution in [0.5, 0.6) is 17.2 Å². The molecular weight excluding hydrogens is 399 g/mol. The van der Waals surface area contributed by atoms with Crippen LogP contribution >= 0.6 is 0 Å². The minimum Gasteiger partial charge on any atom is -0.493 e. The summed E-state index contributed by atoms with van der Waals surface area (Å²) >= 11 is 0. The van der Waals surface area contributed by atoms with E-state index in [-0.39, 0.29) is 17.9 Å². The monoisotopic (exact) mass is 420 g/mol. The van der Waals surface area contributed by atoms with Gasteiger partial charge in [0, 0.05) is 6.07 Å². The number of benzene rings is 3. The van der Waals surface area contributed by atoms with Gasteiger partial charge in [0.05, 0.1) is 25.2 Å². The highest BCUT2D eigenvalue weighted by Gasteiger charge is 2.16. The SMILES string of the molecule is COc1ccc(-c2c(C)oc3cc(OCc4ccc(F)cc4)ccc3c2=O)cc1OC. The molecule has 1 aromatic heterocycles. The highest BCUT2D eigenvalue weighted by molar-refractivity contribution is 5.84. The quantitative estimate of drug-likeness (QED) is 0.412. The van der Waals surface area contributed by atoms with Crippen molar-refractivity contribution in [1.29, 1.82) is 0 Å². The maximum atomic E-state index is 13.2. The first-order valence-corrected chi connectivity index (χ1v) is 9.67. The minimum atomic E-state index is -0.294. The van der Waals surface area contributed by atoms with Gasteiger partial charge in [-0.3, -0.25) is 4.79 Å². The molecule has 3 aromatic carbocycles. The average molecular weight is 420 g/mol. The van der Waals surface area contributed by atoms with Gasteiger partial charge in [0.1, 0.15) is 29.5 Å². The minimum absolute atomic E-state index is 0.143. The molecule has 0 N–H and O–H groups in total. The number of ether oxygens (including phenoxy) is 3. The molecule has 0 aliphatic heterocycles. The van der Waals surface area contributed by atoms with Crippen LogP contribution in [0, 0.1) is 12.7 Å². The van der Waals surface area contributed by atoms with Crippen LogP contribution < -0.4 is 19.6 Å². The summed E-state index contributed by atoms with van der Waals surface area (Å²) < 4.78 is 35.4. The second kappa shape index (κ2) is 8.52. The highest BCUT2D eigenvalue weighted by atomic mass is 19.1. The molecule has 5 nitrogen and oxygen atoms in total. The molecule has 4 rings (SSSR count). The van der Waals surface area contributed by atoms with Gasteiger partial charge in [-0.1, -0.05) is 18.2 Å². The molecular formula is C25H21FO5. The van der Waals surface area contributed by atoms with Gasteiger partial charge in [-0.2, -0.15) is 0 Å². The van der Waals surface area contributed by atoms with Crippen molar-refractivity contribution in [2.75, 3.05) is 14.2 Å². The van der Waals surface area contributed by atoms with E-state index in [2.05, 4.69) is 0 Å². The highest BCUT2D eigenvalue weighted by Crippen LogP contribution is 2.33. The molecule has 0 fully saturated rings. The van der Waals surface area contributed by atoms with E-state index in [0.29, 0.717) is 45.1 Å². The van der Waals surface area contributed by atoms with E-state index < -0.39 is 0 Å². The zero-order chi connectivity index (χ0) is 22.0. The first kappa shape index (κ1) is 20.5. The molecule has 0 bridgehead atoms. The predicted molar refractivity (Wildman–Crippen MR) is 116 cm³/mol. The van der Waals surface area contributed by atoms with Crippen molar-refractivity contribution >= 4 is 11.0 Å². The number of rotatable bonds is 6. The van der Waals surface area contributed by atoms with Crippen molar-refractivity contribution in [1.82, 2.24) is 0 Å². The molecule has 0 saturated heterocycles. The Morgan fingerprint density at radius 3 is 2.35 bits per heavy atom. The van der Waals surface area contributed by atoms with E-state index >= 15 is 0 Å². The summed E-state index contributed by atoms with van der Waals surface area (Å²) in [6.45, 7) is 2.03. The molecule has 1 heterocycles. The van der Waals surface area contributed by atoms with Crippen LogP contribution in [0.15, 0.2) is 69.9 Å². The third-order valence-electron chi connectivity index (χ3n) is 5.03. The summed E-state index contributed by atoms with van der Waals surface area (Å²) in [6, 6.07) is 16.5. The first-order chi connectivity index (χ1) is 15.0. The molecule has 0 atom stereocenters. The zero-order valence-electron chi connectivity index (χ0n) is 17.4. The van der Waals surface area contributed by atoms with Crippen LogP contribution in [0.4, 0.5) is 4.39 Å². The van der Waals surface area contributed by atoms with Gasteiger partial charge in [-0.25, -0.2) is 4.39 Å². The van der Waals surface area contributed by atoms with Crippen molar-refractivity contribution < 1.29 is 23.0 Å². The topological polar surface area (TPSA) is 57.9 Å². The number of hydrogen-bond acceptors (Lipinski definition) is 5. The lowest BCUT2D eigenvalue weighted by Crippen LogP contribution is -2.08. The summed E-state index contributed by atoms with van der Waals surface area (Å²) in [5.74, 6) is 1.86. The summed E-state index contributed by atoms with van der Waals surface area (Å²) in [6.07, 6.45) is 0. The Hall–Kier alpha value is -3.80. The molecule has 0 aliphatic rings. The second-order valence-electron chi connectivity index (χ2n) is 7.01. The third-order valence-corrected chi connectivity index (χ3v) is 5.03. The molecule has 0 amide bonds. The van der Waals surface area contributed by atoms with E-state index in [1.807, 2.05) is 0 Å². The van der Waals surface area contributed by atoms with Crippen molar-refractivity contribution in [2.24, 2.45) is 0 Å². The lowest BCUT2D eigenvalue weighted by molar-refractivity contribution is 0.306. The number of halogens is 1. The molecule has 4 aromatic rings. The van der Waals surface area contributed by atoms with Crippen LogP contribution in [0.2, 0.25) is 0 Å². The number of fused-ring (bicyclic) bond motifs is 1. The lowest BCUT2D eigenvalue weighted by atomic mass is 10.0.